The molecule has 0 spiro atoms. The highest BCUT2D eigenvalue weighted by atomic mass is 16.2. The van der Waals surface area contributed by atoms with Crippen LogP contribution in [0.3, 0.4) is 0 Å². The Hall–Kier alpha value is -1.43. The third-order valence-corrected chi connectivity index (χ3v) is 3.12. The van der Waals surface area contributed by atoms with Gasteiger partial charge in [-0.05, 0) is 32.9 Å². The smallest absolute Gasteiger partial charge is 0.299 e. The van der Waals surface area contributed by atoms with Gasteiger partial charge in [0.2, 0.25) is 0 Å². The minimum Gasteiger partial charge on any atom is -0.299 e. The summed E-state index contributed by atoms with van der Waals surface area (Å²) in [7, 11) is 0. The number of hydrogen-bond donors (Lipinski definition) is 1. The number of rotatable bonds is 3. The molecule has 4 amide bonds. The standard InChI is InChI=1S/C10H15N3O3/c1-7(12-4-2-3-5-12)6-13-9(15)8(14)11-10(13)16/h7H,2-6H2,1H3,(H,11,14,16). The molecule has 0 aromatic heterocycles. The van der Waals surface area contributed by atoms with Gasteiger partial charge in [0.15, 0.2) is 0 Å². The average molecular weight is 225 g/mol. The first-order valence-electron chi connectivity index (χ1n) is 5.50. The molecular weight excluding hydrogens is 210 g/mol. The van der Waals surface area contributed by atoms with Crippen molar-refractivity contribution in [1.29, 1.82) is 0 Å². The first-order valence-corrected chi connectivity index (χ1v) is 5.50. The van der Waals surface area contributed by atoms with Crippen LogP contribution >= 0.6 is 0 Å². The molecular formula is C10H15N3O3. The van der Waals surface area contributed by atoms with Crippen molar-refractivity contribution in [2.75, 3.05) is 19.6 Å². The van der Waals surface area contributed by atoms with Crippen LogP contribution in [0.5, 0.6) is 0 Å². The average Bonchev–Trinajstić information content (AvgIpc) is 2.83. The van der Waals surface area contributed by atoms with Crippen LogP contribution in [0.25, 0.3) is 0 Å². The molecule has 16 heavy (non-hydrogen) atoms. The van der Waals surface area contributed by atoms with E-state index in [1.807, 2.05) is 12.2 Å². The highest BCUT2D eigenvalue weighted by Crippen LogP contribution is 2.13. The molecule has 2 rings (SSSR count). The van der Waals surface area contributed by atoms with E-state index in [4.69, 9.17) is 0 Å². The second-order valence-corrected chi connectivity index (χ2v) is 4.27. The SMILES string of the molecule is CC(CN1C(=O)NC(=O)C1=O)N1CCCC1. The Morgan fingerprint density at radius 2 is 1.88 bits per heavy atom. The van der Waals surface area contributed by atoms with Crippen LogP contribution < -0.4 is 5.32 Å². The molecule has 0 radical (unpaired) electrons. The van der Waals surface area contributed by atoms with Crippen molar-refractivity contribution in [1.82, 2.24) is 15.1 Å². The Balaban J connectivity index is 1.96. The molecule has 2 aliphatic heterocycles. The molecule has 1 atom stereocenters. The van der Waals surface area contributed by atoms with Crippen LogP contribution in [0.4, 0.5) is 4.79 Å². The molecule has 88 valence electrons. The predicted molar refractivity (Wildman–Crippen MR) is 55.5 cm³/mol. The molecule has 2 aliphatic rings. The van der Waals surface area contributed by atoms with Gasteiger partial charge in [0.05, 0.1) is 0 Å². The Kier molecular flexibility index (Phi) is 2.91. The number of likely N-dealkylation sites (tertiary alicyclic amines) is 1. The lowest BCUT2D eigenvalue weighted by atomic mass is 10.3. The summed E-state index contributed by atoms with van der Waals surface area (Å²) < 4.78 is 0. The van der Waals surface area contributed by atoms with E-state index in [-0.39, 0.29) is 12.6 Å². The van der Waals surface area contributed by atoms with E-state index >= 15 is 0 Å². The molecule has 2 saturated heterocycles. The van der Waals surface area contributed by atoms with E-state index in [1.165, 1.54) is 0 Å². The van der Waals surface area contributed by atoms with Gasteiger partial charge in [-0.2, -0.15) is 0 Å². The summed E-state index contributed by atoms with van der Waals surface area (Å²) in [6, 6.07) is -0.482. The van der Waals surface area contributed by atoms with Crippen molar-refractivity contribution in [3.05, 3.63) is 0 Å². The molecule has 6 heteroatoms. The molecule has 0 bridgehead atoms. The number of imide groups is 2. The van der Waals surface area contributed by atoms with Gasteiger partial charge in [-0.3, -0.25) is 24.7 Å². The van der Waals surface area contributed by atoms with Gasteiger partial charge < -0.3 is 0 Å². The van der Waals surface area contributed by atoms with Crippen molar-refractivity contribution in [2.45, 2.75) is 25.8 Å². The molecule has 1 N–H and O–H groups in total. The van der Waals surface area contributed by atoms with E-state index < -0.39 is 17.8 Å². The van der Waals surface area contributed by atoms with Crippen molar-refractivity contribution < 1.29 is 14.4 Å². The predicted octanol–water partition coefficient (Wildman–Crippen LogP) is -0.451. The molecule has 6 nitrogen and oxygen atoms in total. The van der Waals surface area contributed by atoms with E-state index in [9.17, 15) is 14.4 Å². The topological polar surface area (TPSA) is 69.7 Å². The Morgan fingerprint density at radius 3 is 2.38 bits per heavy atom. The molecule has 0 aliphatic carbocycles. The van der Waals surface area contributed by atoms with Crippen LogP contribution in [0, 0.1) is 0 Å². The summed E-state index contributed by atoms with van der Waals surface area (Å²) in [5.74, 6) is -1.56. The summed E-state index contributed by atoms with van der Waals surface area (Å²) in [5.41, 5.74) is 0. The number of nitrogens with zero attached hydrogens (tertiary/aromatic N) is 2. The van der Waals surface area contributed by atoms with E-state index in [0.29, 0.717) is 0 Å². The lowest BCUT2D eigenvalue weighted by Crippen LogP contribution is -2.43. The number of carbonyl (C=O) groups excluding carboxylic acids is 3. The molecule has 0 saturated carbocycles. The number of nitrogens with one attached hydrogen (secondary N) is 1. The quantitative estimate of drug-likeness (QED) is 0.521. The van der Waals surface area contributed by atoms with E-state index in [2.05, 4.69) is 4.90 Å². The Labute approximate surface area is 93.6 Å². The highest BCUT2D eigenvalue weighted by molar-refractivity contribution is 6.44. The van der Waals surface area contributed by atoms with Gasteiger partial charge in [0, 0.05) is 12.6 Å². The van der Waals surface area contributed by atoms with Gasteiger partial charge in [-0.15, -0.1) is 0 Å². The van der Waals surface area contributed by atoms with Gasteiger partial charge in [0.1, 0.15) is 0 Å². The van der Waals surface area contributed by atoms with Crippen molar-refractivity contribution in [2.24, 2.45) is 0 Å². The first-order chi connectivity index (χ1) is 7.59. The third kappa shape index (κ3) is 1.92. The Morgan fingerprint density at radius 1 is 1.25 bits per heavy atom. The molecule has 0 aromatic rings. The fourth-order valence-corrected chi connectivity index (χ4v) is 2.16. The van der Waals surface area contributed by atoms with Crippen molar-refractivity contribution >= 4 is 17.8 Å². The van der Waals surface area contributed by atoms with Crippen LogP contribution in [-0.2, 0) is 9.59 Å². The van der Waals surface area contributed by atoms with Gasteiger partial charge in [-0.1, -0.05) is 0 Å². The van der Waals surface area contributed by atoms with Crippen molar-refractivity contribution in [3.8, 4) is 0 Å². The van der Waals surface area contributed by atoms with Crippen LogP contribution in [0.2, 0.25) is 0 Å². The maximum atomic E-state index is 11.3. The van der Waals surface area contributed by atoms with Crippen LogP contribution in [-0.4, -0.2) is 53.3 Å². The van der Waals surface area contributed by atoms with Crippen LogP contribution in [0.1, 0.15) is 19.8 Å². The first kappa shape index (κ1) is 11.1. The second-order valence-electron chi connectivity index (χ2n) is 4.27. The molecule has 2 heterocycles. The summed E-state index contributed by atoms with van der Waals surface area (Å²) in [4.78, 5) is 36.8. The lowest BCUT2D eigenvalue weighted by molar-refractivity contribution is -0.140. The fourth-order valence-electron chi connectivity index (χ4n) is 2.16. The number of amides is 4. The normalized spacial score (nSPS) is 24.1. The largest absolute Gasteiger partial charge is 0.331 e. The summed E-state index contributed by atoms with van der Waals surface area (Å²) >= 11 is 0. The summed E-state index contributed by atoms with van der Waals surface area (Å²) in [6.45, 7) is 4.25. The third-order valence-electron chi connectivity index (χ3n) is 3.12. The van der Waals surface area contributed by atoms with Gasteiger partial charge in [-0.25, -0.2) is 4.79 Å². The fraction of sp³-hybridized carbons (Fsp3) is 0.700. The number of urea groups is 1. The number of hydrogen-bond acceptors (Lipinski definition) is 4. The molecule has 0 aromatic carbocycles. The highest BCUT2D eigenvalue weighted by Gasteiger charge is 2.38. The summed E-state index contributed by atoms with van der Waals surface area (Å²) in [6.07, 6.45) is 2.31. The zero-order valence-corrected chi connectivity index (χ0v) is 9.23. The van der Waals surface area contributed by atoms with Gasteiger partial charge in [0.25, 0.3) is 0 Å². The zero-order valence-electron chi connectivity index (χ0n) is 9.23. The lowest BCUT2D eigenvalue weighted by Gasteiger charge is -2.26. The monoisotopic (exact) mass is 225 g/mol. The molecule has 2 fully saturated rings. The van der Waals surface area contributed by atoms with Gasteiger partial charge >= 0.3 is 17.8 Å². The van der Waals surface area contributed by atoms with E-state index in [0.717, 1.165) is 30.8 Å². The summed E-state index contributed by atoms with van der Waals surface area (Å²) in [5, 5.41) is 1.99. The maximum absolute atomic E-state index is 11.3. The zero-order chi connectivity index (χ0) is 11.7. The maximum Gasteiger partial charge on any atom is 0.331 e. The molecule has 1 unspecified atom stereocenters. The van der Waals surface area contributed by atoms with Crippen LogP contribution in [0.15, 0.2) is 0 Å². The number of carbonyl (C=O) groups is 3. The van der Waals surface area contributed by atoms with E-state index in [1.54, 1.807) is 0 Å². The van der Waals surface area contributed by atoms with Crippen molar-refractivity contribution in [3.63, 3.8) is 0 Å². The minimum atomic E-state index is -0.821. The second kappa shape index (κ2) is 4.21. The Bertz CT molecular complexity index is 336. The minimum absolute atomic E-state index is 0.114.